The van der Waals surface area contributed by atoms with E-state index in [0.717, 1.165) is 38.5 Å². The first-order chi connectivity index (χ1) is 9.65. The van der Waals surface area contributed by atoms with E-state index in [1.54, 1.807) is 0 Å². The van der Waals surface area contributed by atoms with Crippen LogP contribution < -0.4 is 0 Å². The molecule has 0 spiro atoms. The molecule has 1 atom stereocenters. The number of aliphatic hydroxyl groups is 1. The fourth-order valence-corrected chi connectivity index (χ4v) is 3.31. The van der Waals surface area contributed by atoms with Gasteiger partial charge >= 0.3 is 0 Å². The van der Waals surface area contributed by atoms with Crippen LogP contribution in [0.5, 0.6) is 0 Å². The second-order valence-electron chi connectivity index (χ2n) is 6.65. The van der Waals surface area contributed by atoms with Crippen molar-refractivity contribution >= 4 is 0 Å². The molecule has 0 amide bonds. The molecule has 4 heteroatoms. The van der Waals surface area contributed by atoms with Crippen molar-refractivity contribution in [3.05, 3.63) is 0 Å². The van der Waals surface area contributed by atoms with Crippen molar-refractivity contribution in [2.75, 3.05) is 33.4 Å². The van der Waals surface area contributed by atoms with E-state index in [1.807, 2.05) is 0 Å². The third kappa shape index (κ3) is 5.32. The summed E-state index contributed by atoms with van der Waals surface area (Å²) in [5.41, 5.74) is 0. The first kappa shape index (κ1) is 16.2. The molecule has 20 heavy (non-hydrogen) atoms. The molecule has 1 N–H and O–H groups in total. The zero-order valence-corrected chi connectivity index (χ0v) is 13.1. The second-order valence-corrected chi connectivity index (χ2v) is 6.65. The summed E-state index contributed by atoms with van der Waals surface area (Å²) >= 11 is 0. The largest absolute Gasteiger partial charge is 0.389 e. The van der Waals surface area contributed by atoms with Crippen molar-refractivity contribution in [2.45, 2.75) is 63.7 Å². The molecule has 2 fully saturated rings. The van der Waals surface area contributed by atoms with Crippen LogP contribution in [0, 0.1) is 5.92 Å². The predicted molar refractivity (Wildman–Crippen MR) is 79.8 cm³/mol. The molecule has 2 rings (SSSR count). The van der Waals surface area contributed by atoms with Crippen LogP contribution in [0.3, 0.4) is 0 Å². The van der Waals surface area contributed by atoms with E-state index in [0.29, 0.717) is 12.6 Å². The molecule has 4 nitrogen and oxygen atoms in total. The lowest BCUT2D eigenvalue weighted by Gasteiger charge is -2.34. The molecule has 0 radical (unpaired) electrons. The number of aliphatic hydroxyl groups excluding tert-OH is 1. The van der Waals surface area contributed by atoms with Gasteiger partial charge in [0.25, 0.3) is 0 Å². The number of ether oxygens (including phenoxy) is 2. The normalized spacial score (nSPS) is 30.6. The van der Waals surface area contributed by atoms with Gasteiger partial charge in [0.2, 0.25) is 0 Å². The molecular formula is C16H31NO3. The predicted octanol–water partition coefficient (Wildman–Crippen LogP) is 2.05. The van der Waals surface area contributed by atoms with Crippen LogP contribution in [-0.4, -0.2) is 61.7 Å². The SMILES string of the molecule is CC1CCC(N(C)CC(O)COC2CCOCC2)CC1. The summed E-state index contributed by atoms with van der Waals surface area (Å²) in [5.74, 6) is 0.876. The molecule has 1 aliphatic carbocycles. The molecule has 0 aromatic rings. The lowest BCUT2D eigenvalue weighted by molar-refractivity contribution is -0.0654. The maximum absolute atomic E-state index is 10.1. The molecule has 1 aliphatic heterocycles. The summed E-state index contributed by atoms with van der Waals surface area (Å²) in [6.07, 6.45) is 7.01. The summed E-state index contributed by atoms with van der Waals surface area (Å²) in [5, 5.41) is 10.1. The summed E-state index contributed by atoms with van der Waals surface area (Å²) in [7, 11) is 2.14. The number of hydrogen-bond donors (Lipinski definition) is 1. The van der Waals surface area contributed by atoms with Gasteiger partial charge in [-0.25, -0.2) is 0 Å². The Morgan fingerprint density at radius 1 is 1.15 bits per heavy atom. The van der Waals surface area contributed by atoms with Gasteiger partial charge in [-0.15, -0.1) is 0 Å². The Hall–Kier alpha value is -0.160. The summed E-state index contributed by atoms with van der Waals surface area (Å²) < 4.78 is 11.1. The number of likely N-dealkylation sites (N-methyl/N-ethyl adjacent to an activating group) is 1. The minimum atomic E-state index is -0.373. The maximum atomic E-state index is 10.1. The third-order valence-electron chi connectivity index (χ3n) is 4.80. The van der Waals surface area contributed by atoms with E-state index in [2.05, 4.69) is 18.9 Å². The van der Waals surface area contributed by atoms with Crippen LogP contribution >= 0.6 is 0 Å². The molecule has 1 saturated carbocycles. The van der Waals surface area contributed by atoms with Crippen molar-refractivity contribution in [3.8, 4) is 0 Å². The van der Waals surface area contributed by atoms with Gasteiger partial charge in [0.1, 0.15) is 0 Å². The summed E-state index contributed by atoms with van der Waals surface area (Å²) in [6.45, 7) is 5.11. The molecule has 1 saturated heterocycles. The molecule has 2 aliphatic rings. The Morgan fingerprint density at radius 3 is 2.45 bits per heavy atom. The second kappa shape index (κ2) is 8.32. The minimum Gasteiger partial charge on any atom is -0.389 e. The van der Waals surface area contributed by atoms with Crippen LogP contribution in [0.2, 0.25) is 0 Å². The van der Waals surface area contributed by atoms with E-state index in [1.165, 1.54) is 25.7 Å². The average Bonchev–Trinajstić information content (AvgIpc) is 2.47. The highest BCUT2D eigenvalue weighted by Crippen LogP contribution is 2.26. The van der Waals surface area contributed by atoms with Gasteiger partial charge in [-0.3, -0.25) is 0 Å². The Labute approximate surface area is 123 Å². The van der Waals surface area contributed by atoms with Crippen molar-refractivity contribution in [3.63, 3.8) is 0 Å². The van der Waals surface area contributed by atoms with E-state index in [4.69, 9.17) is 9.47 Å². The lowest BCUT2D eigenvalue weighted by atomic mass is 9.87. The van der Waals surface area contributed by atoms with E-state index in [9.17, 15) is 5.11 Å². The van der Waals surface area contributed by atoms with Crippen molar-refractivity contribution in [1.82, 2.24) is 4.90 Å². The number of rotatable bonds is 6. The smallest absolute Gasteiger partial charge is 0.0900 e. The highest BCUT2D eigenvalue weighted by Gasteiger charge is 2.23. The highest BCUT2D eigenvalue weighted by atomic mass is 16.5. The van der Waals surface area contributed by atoms with Gasteiger partial charge in [0.05, 0.1) is 18.8 Å². The molecule has 0 aromatic heterocycles. The molecule has 0 aromatic carbocycles. The van der Waals surface area contributed by atoms with Gasteiger partial charge in [-0.1, -0.05) is 6.92 Å². The summed E-state index contributed by atoms with van der Waals surface area (Å²) in [6, 6.07) is 0.643. The standard InChI is InChI=1S/C16H31NO3/c1-13-3-5-14(6-4-13)17(2)11-15(18)12-20-16-7-9-19-10-8-16/h13-16,18H,3-12H2,1-2H3. The Balaban J connectivity index is 1.61. The van der Waals surface area contributed by atoms with Gasteiger partial charge < -0.3 is 19.5 Å². The van der Waals surface area contributed by atoms with Crippen molar-refractivity contribution < 1.29 is 14.6 Å². The van der Waals surface area contributed by atoms with E-state index in [-0.39, 0.29) is 12.2 Å². The van der Waals surface area contributed by atoms with Crippen LogP contribution in [0.4, 0.5) is 0 Å². The molecule has 0 bridgehead atoms. The van der Waals surface area contributed by atoms with E-state index >= 15 is 0 Å². The van der Waals surface area contributed by atoms with Crippen LogP contribution in [0.15, 0.2) is 0 Å². The highest BCUT2D eigenvalue weighted by molar-refractivity contribution is 4.78. The monoisotopic (exact) mass is 285 g/mol. The van der Waals surface area contributed by atoms with E-state index < -0.39 is 0 Å². The van der Waals surface area contributed by atoms with Crippen LogP contribution in [-0.2, 0) is 9.47 Å². The molecular weight excluding hydrogens is 254 g/mol. The Kier molecular flexibility index (Phi) is 6.75. The average molecular weight is 285 g/mol. The molecule has 1 heterocycles. The third-order valence-corrected chi connectivity index (χ3v) is 4.80. The zero-order chi connectivity index (χ0) is 14.4. The lowest BCUT2D eigenvalue weighted by Crippen LogP contribution is -2.41. The van der Waals surface area contributed by atoms with Gasteiger partial charge in [-0.05, 0) is 51.5 Å². The summed E-state index contributed by atoms with van der Waals surface area (Å²) in [4.78, 5) is 2.32. The number of hydrogen-bond acceptors (Lipinski definition) is 4. The van der Waals surface area contributed by atoms with Crippen LogP contribution in [0.25, 0.3) is 0 Å². The Morgan fingerprint density at radius 2 is 1.80 bits per heavy atom. The minimum absolute atomic E-state index is 0.277. The van der Waals surface area contributed by atoms with Crippen molar-refractivity contribution in [1.29, 1.82) is 0 Å². The van der Waals surface area contributed by atoms with Gasteiger partial charge in [0, 0.05) is 25.8 Å². The first-order valence-electron chi connectivity index (χ1n) is 8.22. The fraction of sp³-hybridized carbons (Fsp3) is 1.00. The molecule has 1 unspecified atom stereocenters. The Bertz CT molecular complexity index is 260. The van der Waals surface area contributed by atoms with Gasteiger partial charge in [0.15, 0.2) is 0 Å². The topological polar surface area (TPSA) is 41.9 Å². The van der Waals surface area contributed by atoms with Crippen molar-refractivity contribution in [2.24, 2.45) is 5.92 Å². The zero-order valence-electron chi connectivity index (χ0n) is 13.1. The number of nitrogens with zero attached hydrogens (tertiary/aromatic N) is 1. The van der Waals surface area contributed by atoms with Crippen LogP contribution in [0.1, 0.15) is 45.4 Å². The fourth-order valence-electron chi connectivity index (χ4n) is 3.31. The first-order valence-corrected chi connectivity index (χ1v) is 8.22. The quantitative estimate of drug-likeness (QED) is 0.811. The van der Waals surface area contributed by atoms with Gasteiger partial charge in [-0.2, -0.15) is 0 Å². The maximum Gasteiger partial charge on any atom is 0.0900 e. The molecule has 118 valence electrons.